The zero-order valence-corrected chi connectivity index (χ0v) is 24.5. The lowest BCUT2D eigenvalue weighted by Gasteiger charge is -2.20. The number of nitrogens with zero attached hydrogens (tertiary/aromatic N) is 4. The van der Waals surface area contributed by atoms with E-state index >= 15 is 0 Å². The maximum Gasteiger partial charge on any atom is 0.332 e. The molecular formula is C30H39N5O7. The Morgan fingerprint density at radius 2 is 1.60 bits per heavy atom. The first-order valence-electron chi connectivity index (χ1n) is 14.6. The zero-order chi connectivity index (χ0) is 29.8. The van der Waals surface area contributed by atoms with Gasteiger partial charge >= 0.3 is 17.6 Å². The normalized spacial score (nSPS) is 15.4. The summed E-state index contributed by atoms with van der Waals surface area (Å²) in [6, 6.07) is 7.18. The molecule has 0 aliphatic heterocycles. The van der Waals surface area contributed by atoms with E-state index in [1.165, 1.54) is 18.4 Å². The molecule has 2 fully saturated rings. The molecule has 2 aliphatic rings. The van der Waals surface area contributed by atoms with Crippen molar-refractivity contribution in [2.45, 2.75) is 78.0 Å². The van der Waals surface area contributed by atoms with Crippen LogP contribution < -0.4 is 21.3 Å². The van der Waals surface area contributed by atoms with Crippen molar-refractivity contribution in [2.75, 3.05) is 25.6 Å². The first kappa shape index (κ1) is 29.4. The molecule has 12 heteroatoms. The number of imidazole rings is 1. The van der Waals surface area contributed by atoms with Crippen molar-refractivity contribution in [3.8, 4) is 5.75 Å². The number of hydrogen-bond acceptors (Lipinski definition) is 9. The third-order valence-corrected chi connectivity index (χ3v) is 7.71. The van der Waals surface area contributed by atoms with E-state index < -0.39 is 5.97 Å². The maximum absolute atomic E-state index is 14.0. The molecule has 2 saturated carbocycles. The van der Waals surface area contributed by atoms with Gasteiger partial charge in [-0.25, -0.2) is 4.79 Å². The van der Waals surface area contributed by atoms with Gasteiger partial charge in [-0.1, -0.05) is 12.1 Å². The maximum atomic E-state index is 14.0. The lowest BCUT2D eigenvalue weighted by molar-refractivity contribution is -0.141. The highest BCUT2D eigenvalue weighted by Crippen LogP contribution is 2.32. The number of methoxy groups -OCH3 is 1. The van der Waals surface area contributed by atoms with Crippen molar-refractivity contribution in [1.29, 1.82) is 0 Å². The minimum absolute atomic E-state index is 0.0575. The first-order valence-corrected chi connectivity index (χ1v) is 14.6. The molecule has 2 heterocycles. The highest BCUT2D eigenvalue weighted by Gasteiger charge is 2.30. The molecule has 1 aromatic carbocycles. The highest BCUT2D eigenvalue weighted by atomic mass is 16.5. The molecule has 226 valence electrons. The molecular weight excluding hydrogens is 542 g/mol. The molecule has 3 aromatic rings. The number of aromatic nitrogens is 4. The lowest BCUT2D eigenvalue weighted by atomic mass is 10.2. The van der Waals surface area contributed by atoms with E-state index in [0.717, 1.165) is 31.2 Å². The molecule has 42 heavy (non-hydrogen) atoms. The summed E-state index contributed by atoms with van der Waals surface area (Å²) in [5.74, 6) is 1.05. The van der Waals surface area contributed by atoms with Crippen LogP contribution in [0.4, 0.5) is 5.95 Å². The third-order valence-electron chi connectivity index (χ3n) is 7.71. The van der Waals surface area contributed by atoms with Crippen LogP contribution in [0.3, 0.4) is 0 Å². The molecule has 12 nitrogen and oxygen atoms in total. The van der Waals surface area contributed by atoms with E-state index in [2.05, 4.69) is 5.32 Å². The largest absolute Gasteiger partial charge is 0.497 e. The van der Waals surface area contributed by atoms with E-state index in [1.807, 2.05) is 28.8 Å². The summed E-state index contributed by atoms with van der Waals surface area (Å²) in [5, 5.41) is 3.38. The Kier molecular flexibility index (Phi) is 8.98. The second-order valence-electron chi connectivity index (χ2n) is 11.4. The Morgan fingerprint density at radius 1 is 0.952 bits per heavy atom. The fraction of sp³-hybridized carbons (Fsp3) is 0.567. The summed E-state index contributed by atoms with van der Waals surface area (Å²) >= 11 is 0. The Morgan fingerprint density at radius 3 is 2.19 bits per heavy atom. The summed E-state index contributed by atoms with van der Waals surface area (Å²) in [7, 11) is 1.60. The van der Waals surface area contributed by atoms with Crippen molar-refractivity contribution in [2.24, 2.45) is 11.8 Å². The van der Waals surface area contributed by atoms with Crippen LogP contribution in [-0.2, 0) is 38.7 Å². The predicted octanol–water partition coefficient (Wildman–Crippen LogP) is 2.92. The average molecular weight is 582 g/mol. The summed E-state index contributed by atoms with van der Waals surface area (Å²) in [4.78, 5) is 55.4. The van der Waals surface area contributed by atoms with Crippen molar-refractivity contribution in [3.05, 3.63) is 50.7 Å². The van der Waals surface area contributed by atoms with Gasteiger partial charge in [0.2, 0.25) is 5.95 Å². The predicted molar refractivity (Wildman–Crippen MR) is 156 cm³/mol. The minimum atomic E-state index is -0.422. The number of carbonyl (C=O) groups is 2. The van der Waals surface area contributed by atoms with E-state index in [1.54, 1.807) is 11.7 Å². The number of fused-ring (bicyclic) bond motifs is 1. The molecule has 5 rings (SSSR count). The van der Waals surface area contributed by atoms with Crippen LogP contribution in [0.2, 0.25) is 0 Å². The van der Waals surface area contributed by atoms with Gasteiger partial charge in [0.15, 0.2) is 11.2 Å². The molecule has 0 spiro atoms. The Bertz CT molecular complexity index is 1550. The number of rotatable bonds is 15. The van der Waals surface area contributed by atoms with Crippen molar-refractivity contribution in [3.63, 3.8) is 0 Å². The summed E-state index contributed by atoms with van der Waals surface area (Å²) < 4.78 is 20.6. The molecule has 1 N–H and O–H groups in total. The van der Waals surface area contributed by atoms with Crippen molar-refractivity contribution >= 4 is 29.1 Å². The van der Waals surface area contributed by atoms with Gasteiger partial charge in [0.1, 0.15) is 12.4 Å². The van der Waals surface area contributed by atoms with E-state index in [-0.39, 0.29) is 36.5 Å². The fourth-order valence-corrected chi connectivity index (χ4v) is 5.05. The number of benzene rings is 1. The topological polar surface area (TPSA) is 136 Å². The van der Waals surface area contributed by atoms with E-state index in [9.17, 15) is 19.2 Å². The number of ether oxygens (including phenoxy) is 3. The Balaban J connectivity index is 1.58. The summed E-state index contributed by atoms with van der Waals surface area (Å²) in [6.45, 7) is 4.21. The Labute approximate surface area is 243 Å². The van der Waals surface area contributed by atoms with Crippen molar-refractivity contribution in [1.82, 2.24) is 18.7 Å². The molecule has 1 atom stereocenters. The SMILES string of the molecule is COc1ccc(Cn2c(NC(CCCOC(C)=O)COC(C)=O)nc3c2c(=O)n(CC2CC2)c(=O)n3CC2CC2)cc1. The van der Waals surface area contributed by atoms with E-state index in [0.29, 0.717) is 67.2 Å². The van der Waals surface area contributed by atoms with Gasteiger partial charge in [-0.2, -0.15) is 4.98 Å². The standard InChI is InChI=1S/C30H39N5O7/c1-19(36)41-14-4-5-24(18-42-20(2)37)31-29-32-27-26(33(29)15-23-10-12-25(40-3)13-11-23)28(38)35(17-22-8-9-22)30(39)34(27)16-21-6-7-21/h10-13,21-22,24H,4-9,14-18H2,1-3H3,(H,31,32). The average Bonchev–Trinajstić information content (AvgIpc) is 3.90. The lowest BCUT2D eigenvalue weighted by Crippen LogP contribution is -2.41. The summed E-state index contributed by atoms with van der Waals surface area (Å²) in [6.07, 6.45) is 5.14. The van der Waals surface area contributed by atoms with Crippen LogP contribution in [0.25, 0.3) is 11.2 Å². The van der Waals surface area contributed by atoms with Crippen LogP contribution >= 0.6 is 0 Å². The molecule has 2 aromatic heterocycles. The number of esters is 2. The third kappa shape index (κ3) is 7.21. The first-order chi connectivity index (χ1) is 20.2. The van der Waals surface area contributed by atoms with Crippen LogP contribution in [-0.4, -0.2) is 57.0 Å². The van der Waals surface area contributed by atoms with Gasteiger partial charge in [0, 0.05) is 26.9 Å². The highest BCUT2D eigenvalue weighted by molar-refractivity contribution is 5.75. The molecule has 0 amide bonds. The second kappa shape index (κ2) is 12.8. The van der Waals surface area contributed by atoms with Crippen LogP contribution in [0, 0.1) is 11.8 Å². The molecule has 0 radical (unpaired) electrons. The monoisotopic (exact) mass is 581 g/mol. The van der Waals surface area contributed by atoms with Gasteiger partial charge < -0.3 is 19.5 Å². The van der Waals surface area contributed by atoms with Gasteiger partial charge in [-0.15, -0.1) is 0 Å². The van der Waals surface area contributed by atoms with Crippen LogP contribution in [0.1, 0.15) is 57.9 Å². The smallest absolute Gasteiger partial charge is 0.332 e. The van der Waals surface area contributed by atoms with Crippen molar-refractivity contribution < 1.29 is 23.8 Å². The van der Waals surface area contributed by atoms with Gasteiger partial charge in [-0.05, 0) is 68.1 Å². The minimum Gasteiger partial charge on any atom is -0.497 e. The second-order valence-corrected chi connectivity index (χ2v) is 11.4. The van der Waals surface area contributed by atoms with E-state index in [4.69, 9.17) is 19.2 Å². The fourth-order valence-electron chi connectivity index (χ4n) is 5.05. The van der Waals surface area contributed by atoms with Crippen LogP contribution in [0.5, 0.6) is 5.75 Å². The quantitative estimate of drug-likeness (QED) is 0.212. The van der Waals surface area contributed by atoms with Gasteiger partial charge in [0.25, 0.3) is 5.56 Å². The molecule has 1 unspecified atom stereocenters. The number of anilines is 1. The number of carbonyl (C=O) groups excluding carboxylic acids is 2. The summed E-state index contributed by atoms with van der Waals surface area (Å²) in [5.41, 5.74) is 0.961. The molecule has 0 saturated heterocycles. The van der Waals surface area contributed by atoms with Gasteiger partial charge in [-0.3, -0.25) is 28.1 Å². The number of hydrogen-bond donors (Lipinski definition) is 1. The van der Waals surface area contributed by atoms with Crippen LogP contribution in [0.15, 0.2) is 33.9 Å². The molecule has 0 bridgehead atoms. The molecule has 2 aliphatic carbocycles. The number of nitrogens with one attached hydrogen (secondary N) is 1. The zero-order valence-electron chi connectivity index (χ0n) is 24.5. The van der Waals surface area contributed by atoms with Gasteiger partial charge in [0.05, 0.1) is 26.3 Å². The Hall–Kier alpha value is -4.09.